The fraction of sp³-hybridized carbons (Fsp3) is 0.500. The van der Waals surface area contributed by atoms with Crippen molar-refractivity contribution in [1.29, 1.82) is 0 Å². The number of benzene rings is 5. The molecule has 5 aromatic carbocycles. The minimum Gasteiger partial charge on any atom is -0.0587 e. The maximum absolute atomic E-state index is 2.44. The Morgan fingerprint density at radius 1 is 0.233 bits per heavy atom. The van der Waals surface area contributed by atoms with Crippen molar-refractivity contribution in [3.05, 3.63) is 174 Å². The quantitative estimate of drug-likeness (QED) is 0.152. The molecule has 10 rings (SSSR count). The van der Waals surface area contributed by atoms with Crippen LogP contribution in [0.1, 0.15) is 221 Å². The molecule has 0 unspecified atom stereocenters. The van der Waals surface area contributed by atoms with Crippen molar-refractivity contribution < 1.29 is 0 Å². The van der Waals surface area contributed by atoms with E-state index in [9.17, 15) is 0 Å². The van der Waals surface area contributed by atoms with E-state index in [0.29, 0.717) is 29.6 Å². The molecule has 0 nitrogen and oxygen atoms in total. The molecule has 0 spiro atoms. The molecule has 0 bridgehead atoms. The van der Waals surface area contributed by atoms with Crippen molar-refractivity contribution in [1.82, 2.24) is 0 Å². The van der Waals surface area contributed by atoms with Gasteiger partial charge in [0.05, 0.1) is 0 Å². The fourth-order valence-electron chi connectivity index (χ4n) is 9.20. The molecule has 5 aromatic rings. The van der Waals surface area contributed by atoms with Crippen molar-refractivity contribution in [2.75, 3.05) is 0 Å². The van der Waals surface area contributed by atoms with Gasteiger partial charge in [-0.2, -0.15) is 0 Å². The second-order valence-electron chi connectivity index (χ2n) is 20.2. The van der Waals surface area contributed by atoms with E-state index in [2.05, 4.69) is 160 Å². The summed E-state index contributed by atoms with van der Waals surface area (Å²) < 4.78 is 0. The highest BCUT2D eigenvalue weighted by atomic mass is 14.2. The average molecular weight is 801 g/mol. The normalized spacial score (nSPS) is 15.2. The Hall–Kier alpha value is -3.90. The summed E-state index contributed by atoms with van der Waals surface area (Å²) in [5.74, 6) is 3.39. The Labute approximate surface area is 368 Å². The molecule has 0 saturated heterocycles. The smallest absolute Gasteiger partial charge is 0.00200 e. The van der Waals surface area contributed by atoms with Crippen LogP contribution in [0.2, 0.25) is 0 Å². The molecular formula is C60H80. The molecule has 0 saturated carbocycles. The van der Waals surface area contributed by atoms with Crippen LogP contribution in [-0.2, 0) is 57.8 Å². The minimum absolute atomic E-state index is 0.670. The first kappa shape index (κ1) is 45.6. The molecular weight excluding hydrogens is 721 g/mol. The van der Waals surface area contributed by atoms with Crippen LogP contribution in [0.3, 0.4) is 0 Å². The molecule has 320 valence electrons. The Bertz CT molecular complexity index is 2130. The zero-order valence-electron chi connectivity index (χ0n) is 39.7. The summed E-state index contributed by atoms with van der Waals surface area (Å²) in [4.78, 5) is 0. The third-order valence-electron chi connectivity index (χ3n) is 13.8. The van der Waals surface area contributed by atoms with Crippen molar-refractivity contribution in [3.8, 4) is 0 Å². The van der Waals surface area contributed by atoms with Gasteiger partial charge in [-0.1, -0.05) is 167 Å². The highest BCUT2D eigenvalue weighted by Crippen LogP contribution is 2.31. The van der Waals surface area contributed by atoms with E-state index in [4.69, 9.17) is 0 Å². The van der Waals surface area contributed by atoms with Gasteiger partial charge in [-0.3, -0.25) is 0 Å². The van der Waals surface area contributed by atoms with E-state index in [1.807, 2.05) is 0 Å². The summed E-state index contributed by atoms with van der Waals surface area (Å²) in [7, 11) is 0. The van der Waals surface area contributed by atoms with Crippen LogP contribution >= 0.6 is 0 Å². The van der Waals surface area contributed by atoms with Crippen LogP contribution < -0.4 is 0 Å². The summed E-state index contributed by atoms with van der Waals surface area (Å²) in [6, 6.07) is 34.9. The van der Waals surface area contributed by atoms with Crippen LogP contribution in [0.15, 0.2) is 91.0 Å². The van der Waals surface area contributed by atoms with Gasteiger partial charge in [0.15, 0.2) is 0 Å². The maximum atomic E-state index is 2.44. The van der Waals surface area contributed by atoms with E-state index < -0.39 is 0 Å². The largest absolute Gasteiger partial charge is 0.0587 e. The van der Waals surface area contributed by atoms with Gasteiger partial charge in [0.2, 0.25) is 0 Å². The van der Waals surface area contributed by atoms with Crippen LogP contribution in [0.4, 0.5) is 0 Å². The Kier molecular flexibility index (Phi) is 16.5. The predicted molar refractivity (Wildman–Crippen MR) is 263 cm³/mol. The first-order chi connectivity index (χ1) is 28.9. The van der Waals surface area contributed by atoms with E-state index in [0.717, 1.165) is 0 Å². The van der Waals surface area contributed by atoms with Crippen molar-refractivity contribution in [2.45, 2.75) is 195 Å². The Morgan fingerprint density at radius 3 is 0.800 bits per heavy atom. The Balaban J connectivity index is 0.000000126. The van der Waals surface area contributed by atoms with Gasteiger partial charge < -0.3 is 0 Å². The van der Waals surface area contributed by atoms with Crippen LogP contribution in [-0.4, -0.2) is 0 Å². The molecule has 0 N–H and O–H groups in total. The molecule has 0 aliphatic heterocycles. The topological polar surface area (TPSA) is 0 Å². The molecule has 0 heterocycles. The second kappa shape index (κ2) is 21.8. The third-order valence-corrected chi connectivity index (χ3v) is 13.8. The molecule has 5 aliphatic carbocycles. The highest BCUT2D eigenvalue weighted by molar-refractivity contribution is 5.47. The van der Waals surface area contributed by atoms with Gasteiger partial charge in [-0.05, 0) is 203 Å². The molecule has 0 amide bonds. The number of hydrogen-bond donors (Lipinski definition) is 0. The summed E-state index contributed by atoms with van der Waals surface area (Å²) in [5, 5.41) is 0. The second-order valence-corrected chi connectivity index (χ2v) is 20.2. The number of aryl methyl sites for hydroxylation is 8. The van der Waals surface area contributed by atoms with E-state index in [-0.39, 0.29) is 0 Å². The summed E-state index contributed by atoms with van der Waals surface area (Å²) in [5.41, 5.74) is 23.3. The van der Waals surface area contributed by atoms with Gasteiger partial charge in [0.25, 0.3) is 0 Å². The van der Waals surface area contributed by atoms with Crippen LogP contribution in [0, 0.1) is 0 Å². The number of rotatable bonds is 5. The molecule has 0 fully saturated rings. The summed E-state index contributed by atoms with van der Waals surface area (Å²) >= 11 is 0. The zero-order chi connectivity index (χ0) is 42.8. The zero-order valence-corrected chi connectivity index (χ0v) is 39.7. The fourth-order valence-corrected chi connectivity index (χ4v) is 9.20. The number of fused-ring (bicyclic) bond motifs is 5. The van der Waals surface area contributed by atoms with E-state index >= 15 is 0 Å². The van der Waals surface area contributed by atoms with Gasteiger partial charge in [-0.15, -0.1) is 0 Å². The van der Waals surface area contributed by atoms with Gasteiger partial charge in [-0.25, -0.2) is 0 Å². The Morgan fingerprint density at radius 2 is 0.483 bits per heavy atom. The molecule has 60 heavy (non-hydrogen) atoms. The SMILES string of the molecule is CC(C)c1ccc2c(c1)C2.CC(C)c1ccc2c(c1)CC2.CC(C)c1ccc2c(c1)CCC2.CC(C)c1ccc2c(c1)CCCC2.CC(C)c1ccc2c(c1)CCCCC2. The van der Waals surface area contributed by atoms with Gasteiger partial charge in [0, 0.05) is 0 Å². The van der Waals surface area contributed by atoms with Crippen LogP contribution in [0.5, 0.6) is 0 Å². The lowest BCUT2D eigenvalue weighted by Crippen LogP contribution is -2.08. The average Bonchev–Trinajstić information content (AvgIpc) is 3.93. The van der Waals surface area contributed by atoms with Crippen LogP contribution in [0.25, 0.3) is 0 Å². The molecule has 0 heteroatoms. The van der Waals surface area contributed by atoms with Crippen molar-refractivity contribution in [2.24, 2.45) is 0 Å². The monoisotopic (exact) mass is 801 g/mol. The lowest BCUT2D eigenvalue weighted by molar-refractivity contribution is 0.682. The van der Waals surface area contributed by atoms with Crippen molar-refractivity contribution in [3.63, 3.8) is 0 Å². The lowest BCUT2D eigenvalue weighted by atomic mass is 9.85. The first-order valence-corrected chi connectivity index (χ1v) is 24.4. The van der Waals surface area contributed by atoms with Crippen molar-refractivity contribution >= 4 is 0 Å². The standard InChI is InChI=1S/C14H20.C13H18.C12H16.C11H14.C10H12/c1-11(2)13-9-8-12-6-4-3-5-7-14(12)10-13;1-10(2)12-8-7-11-5-3-4-6-13(11)9-12;1-9(2)11-7-6-10-4-3-5-12(10)8-11;1-8(2)10-5-3-9-4-6-11(9)7-10;1-7(2)8-3-4-9-6-10(9)5-8/h8-11H,3-7H2,1-2H3;7-10H,3-6H2,1-2H3;6-9H,3-5H2,1-2H3;3,5,7-8H,4,6H2,1-2H3;3-5,7H,6H2,1-2H3. The molecule has 5 aliphatic rings. The van der Waals surface area contributed by atoms with Gasteiger partial charge in [0.1, 0.15) is 0 Å². The van der Waals surface area contributed by atoms with E-state index in [1.165, 1.54) is 124 Å². The summed E-state index contributed by atoms with van der Waals surface area (Å²) in [6.07, 6.45) is 19.9. The third kappa shape index (κ3) is 12.8. The molecule has 0 atom stereocenters. The summed E-state index contributed by atoms with van der Waals surface area (Å²) in [6.45, 7) is 22.6. The minimum atomic E-state index is 0.670. The van der Waals surface area contributed by atoms with E-state index in [1.54, 1.807) is 55.6 Å². The lowest BCUT2D eigenvalue weighted by Gasteiger charge is -2.20. The predicted octanol–water partition coefficient (Wildman–Crippen LogP) is 16.7. The first-order valence-electron chi connectivity index (χ1n) is 24.4. The molecule has 0 aromatic heterocycles. The number of hydrogen-bond acceptors (Lipinski definition) is 0. The highest BCUT2D eigenvalue weighted by Gasteiger charge is 2.17. The molecule has 0 radical (unpaired) electrons. The van der Waals surface area contributed by atoms with Gasteiger partial charge >= 0.3 is 0 Å². The maximum Gasteiger partial charge on any atom is -0.00200 e.